The van der Waals surface area contributed by atoms with E-state index in [-0.39, 0.29) is 17.9 Å². The van der Waals surface area contributed by atoms with E-state index in [1.807, 2.05) is 36.0 Å². The van der Waals surface area contributed by atoms with Crippen LogP contribution in [0.1, 0.15) is 30.8 Å². The fourth-order valence-electron chi connectivity index (χ4n) is 2.68. The SMILES string of the molecule is C[C@@H]1C[C@H]1C(=O)N[C@@H](Cc1nccn1C)c1ccccc1. The van der Waals surface area contributed by atoms with Crippen molar-refractivity contribution in [3.8, 4) is 0 Å². The highest BCUT2D eigenvalue weighted by molar-refractivity contribution is 5.81. The lowest BCUT2D eigenvalue weighted by molar-refractivity contribution is -0.123. The second-order valence-electron chi connectivity index (χ2n) is 5.95. The quantitative estimate of drug-likeness (QED) is 0.916. The first kappa shape index (κ1) is 13.9. The first-order valence-electron chi connectivity index (χ1n) is 7.46. The van der Waals surface area contributed by atoms with E-state index < -0.39 is 0 Å². The highest BCUT2D eigenvalue weighted by atomic mass is 16.2. The number of carbonyl (C=O) groups excluding carboxylic acids is 1. The lowest BCUT2D eigenvalue weighted by atomic mass is 10.0. The van der Waals surface area contributed by atoms with Crippen LogP contribution in [0.3, 0.4) is 0 Å². The van der Waals surface area contributed by atoms with Crippen molar-refractivity contribution in [2.75, 3.05) is 0 Å². The van der Waals surface area contributed by atoms with Gasteiger partial charge in [0, 0.05) is 31.8 Å². The summed E-state index contributed by atoms with van der Waals surface area (Å²) in [6.45, 7) is 2.13. The maximum Gasteiger partial charge on any atom is 0.223 e. The predicted molar refractivity (Wildman–Crippen MR) is 81.5 cm³/mol. The molecule has 110 valence electrons. The number of carbonyl (C=O) groups is 1. The average Bonchev–Trinajstić information content (AvgIpc) is 3.10. The second-order valence-corrected chi connectivity index (χ2v) is 5.95. The van der Waals surface area contributed by atoms with E-state index >= 15 is 0 Å². The Morgan fingerprint density at radius 1 is 1.43 bits per heavy atom. The van der Waals surface area contributed by atoms with E-state index in [0.29, 0.717) is 12.3 Å². The van der Waals surface area contributed by atoms with E-state index in [1.165, 1.54) is 0 Å². The Hall–Kier alpha value is -2.10. The average molecular weight is 283 g/mol. The van der Waals surface area contributed by atoms with Crippen LogP contribution in [0.2, 0.25) is 0 Å². The number of benzene rings is 1. The van der Waals surface area contributed by atoms with Crippen molar-refractivity contribution in [3.63, 3.8) is 0 Å². The zero-order chi connectivity index (χ0) is 14.8. The Morgan fingerprint density at radius 2 is 2.14 bits per heavy atom. The van der Waals surface area contributed by atoms with Crippen molar-refractivity contribution < 1.29 is 4.79 Å². The highest BCUT2D eigenvalue weighted by Gasteiger charge is 2.39. The summed E-state index contributed by atoms with van der Waals surface area (Å²) in [4.78, 5) is 16.7. The smallest absolute Gasteiger partial charge is 0.223 e. The third kappa shape index (κ3) is 3.15. The van der Waals surface area contributed by atoms with Crippen LogP contribution in [0.5, 0.6) is 0 Å². The van der Waals surface area contributed by atoms with Gasteiger partial charge in [0.1, 0.15) is 5.82 Å². The molecule has 0 spiro atoms. The van der Waals surface area contributed by atoms with Crippen molar-refractivity contribution in [2.45, 2.75) is 25.8 Å². The third-order valence-corrected chi connectivity index (χ3v) is 4.27. The van der Waals surface area contributed by atoms with Gasteiger partial charge in [-0.05, 0) is 17.9 Å². The first-order valence-corrected chi connectivity index (χ1v) is 7.46. The molecule has 0 unspecified atom stereocenters. The van der Waals surface area contributed by atoms with Gasteiger partial charge in [-0.15, -0.1) is 0 Å². The van der Waals surface area contributed by atoms with Crippen molar-refractivity contribution in [3.05, 3.63) is 54.1 Å². The summed E-state index contributed by atoms with van der Waals surface area (Å²) in [6.07, 6.45) is 5.44. The zero-order valence-corrected chi connectivity index (χ0v) is 12.5. The second kappa shape index (κ2) is 5.72. The number of amides is 1. The summed E-state index contributed by atoms with van der Waals surface area (Å²) in [5.41, 5.74) is 1.13. The molecule has 0 bridgehead atoms. The molecule has 2 aromatic rings. The molecule has 3 atom stereocenters. The monoisotopic (exact) mass is 283 g/mol. The highest BCUT2D eigenvalue weighted by Crippen LogP contribution is 2.38. The largest absolute Gasteiger partial charge is 0.349 e. The van der Waals surface area contributed by atoms with Gasteiger partial charge in [0.05, 0.1) is 6.04 Å². The van der Waals surface area contributed by atoms with E-state index in [0.717, 1.165) is 17.8 Å². The Labute approximate surface area is 125 Å². The predicted octanol–water partition coefficient (Wildman–Crippen LogP) is 2.48. The number of hydrogen-bond acceptors (Lipinski definition) is 2. The standard InChI is InChI=1S/C17H21N3O/c1-12-10-14(12)17(21)19-15(13-6-4-3-5-7-13)11-16-18-8-9-20(16)2/h3-9,12,14-15H,10-11H2,1-2H3,(H,19,21)/t12-,14-,15+/m1/s1. The number of hydrogen-bond donors (Lipinski definition) is 1. The van der Waals surface area contributed by atoms with Crippen LogP contribution < -0.4 is 5.32 Å². The molecule has 21 heavy (non-hydrogen) atoms. The first-order chi connectivity index (χ1) is 10.1. The van der Waals surface area contributed by atoms with Gasteiger partial charge < -0.3 is 9.88 Å². The Morgan fingerprint density at radius 3 is 2.71 bits per heavy atom. The third-order valence-electron chi connectivity index (χ3n) is 4.27. The molecule has 1 N–H and O–H groups in total. The van der Waals surface area contributed by atoms with Crippen LogP contribution in [-0.4, -0.2) is 15.5 Å². The topological polar surface area (TPSA) is 46.9 Å². The summed E-state index contributed by atoms with van der Waals surface area (Å²) in [5, 5.41) is 3.20. The normalized spacial score (nSPS) is 21.8. The summed E-state index contributed by atoms with van der Waals surface area (Å²) >= 11 is 0. The zero-order valence-electron chi connectivity index (χ0n) is 12.5. The molecule has 0 radical (unpaired) electrons. The molecular weight excluding hydrogens is 262 g/mol. The van der Waals surface area contributed by atoms with Gasteiger partial charge in [0.15, 0.2) is 0 Å². The lowest BCUT2D eigenvalue weighted by Crippen LogP contribution is -2.32. The molecule has 1 aromatic heterocycles. The summed E-state index contributed by atoms with van der Waals surface area (Å²) in [7, 11) is 1.98. The molecule has 0 saturated heterocycles. The summed E-state index contributed by atoms with van der Waals surface area (Å²) in [5.74, 6) is 1.87. The summed E-state index contributed by atoms with van der Waals surface area (Å²) in [6, 6.07) is 10.1. The lowest BCUT2D eigenvalue weighted by Gasteiger charge is -2.19. The Bertz CT molecular complexity index is 620. The van der Waals surface area contributed by atoms with Gasteiger partial charge in [0.2, 0.25) is 5.91 Å². The van der Waals surface area contributed by atoms with Crippen molar-refractivity contribution >= 4 is 5.91 Å². The molecule has 1 heterocycles. The fraction of sp³-hybridized carbons (Fsp3) is 0.412. The van der Waals surface area contributed by atoms with Gasteiger partial charge in [-0.3, -0.25) is 4.79 Å². The minimum Gasteiger partial charge on any atom is -0.349 e. The molecular formula is C17H21N3O. The molecule has 4 heteroatoms. The van der Waals surface area contributed by atoms with Crippen LogP contribution in [0.25, 0.3) is 0 Å². The minimum absolute atomic E-state index is 0.0207. The van der Waals surface area contributed by atoms with Crippen molar-refractivity contribution in [1.82, 2.24) is 14.9 Å². The van der Waals surface area contributed by atoms with E-state index in [2.05, 4.69) is 29.4 Å². The maximum atomic E-state index is 12.3. The van der Waals surface area contributed by atoms with Gasteiger partial charge in [-0.1, -0.05) is 37.3 Å². The number of aryl methyl sites for hydroxylation is 1. The van der Waals surface area contributed by atoms with E-state index in [4.69, 9.17) is 0 Å². The Kier molecular flexibility index (Phi) is 3.78. The van der Waals surface area contributed by atoms with E-state index in [1.54, 1.807) is 6.20 Å². The van der Waals surface area contributed by atoms with Gasteiger partial charge in [-0.2, -0.15) is 0 Å². The van der Waals surface area contributed by atoms with Crippen LogP contribution in [0, 0.1) is 11.8 Å². The number of aromatic nitrogens is 2. The number of nitrogens with one attached hydrogen (secondary N) is 1. The number of nitrogens with zero attached hydrogens (tertiary/aromatic N) is 2. The molecule has 0 aliphatic heterocycles. The van der Waals surface area contributed by atoms with Gasteiger partial charge in [0.25, 0.3) is 0 Å². The fourth-order valence-corrected chi connectivity index (χ4v) is 2.68. The Balaban J connectivity index is 1.77. The van der Waals surface area contributed by atoms with Crippen molar-refractivity contribution in [2.24, 2.45) is 18.9 Å². The minimum atomic E-state index is -0.0207. The molecule has 1 aromatic carbocycles. The molecule has 3 rings (SSSR count). The number of imidazole rings is 1. The van der Waals surface area contributed by atoms with Crippen LogP contribution in [0.15, 0.2) is 42.7 Å². The maximum absolute atomic E-state index is 12.3. The molecule has 1 saturated carbocycles. The summed E-state index contributed by atoms with van der Waals surface area (Å²) < 4.78 is 2.00. The van der Waals surface area contributed by atoms with Crippen molar-refractivity contribution in [1.29, 1.82) is 0 Å². The molecule has 1 aliphatic rings. The van der Waals surface area contributed by atoms with Crippen LogP contribution in [-0.2, 0) is 18.3 Å². The molecule has 1 aliphatic carbocycles. The van der Waals surface area contributed by atoms with Gasteiger partial charge >= 0.3 is 0 Å². The number of rotatable bonds is 5. The van der Waals surface area contributed by atoms with Gasteiger partial charge in [-0.25, -0.2) is 4.98 Å². The molecule has 1 fully saturated rings. The molecule has 4 nitrogen and oxygen atoms in total. The van der Waals surface area contributed by atoms with Crippen LogP contribution >= 0.6 is 0 Å². The van der Waals surface area contributed by atoms with E-state index in [9.17, 15) is 4.79 Å². The molecule has 1 amide bonds. The van der Waals surface area contributed by atoms with Crippen LogP contribution in [0.4, 0.5) is 0 Å².